The van der Waals surface area contributed by atoms with Crippen LogP contribution < -0.4 is 5.32 Å². The molecule has 0 unspecified atom stereocenters. The van der Waals surface area contributed by atoms with E-state index in [2.05, 4.69) is 64.2 Å². The summed E-state index contributed by atoms with van der Waals surface area (Å²) in [4.78, 5) is 0. The molecule has 0 atom stereocenters. The molecule has 0 radical (unpaired) electrons. The van der Waals surface area contributed by atoms with E-state index in [1.807, 2.05) is 0 Å². The summed E-state index contributed by atoms with van der Waals surface area (Å²) in [5, 5.41) is 3.58. The highest BCUT2D eigenvalue weighted by Crippen LogP contribution is 2.23. The van der Waals surface area contributed by atoms with Gasteiger partial charge in [0.05, 0.1) is 0 Å². The average molecular weight is 191 g/mol. The maximum atomic E-state index is 3.58. The summed E-state index contributed by atoms with van der Waals surface area (Å²) < 4.78 is 0. The molecule has 1 aromatic carbocycles. The lowest BCUT2D eigenvalue weighted by Gasteiger charge is -2.30. The molecule has 0 amide bonds. The number of hydrogen-bond acceptors (Lipinski definition) is 1. The first-order valence-corrected chi connectivity index (χ1v) is 5.27. The Morgan fingerprint density at radius 3 is 2.21 bits per heavy atom. The van der Waals surface area contributed by atoms with Crippen LogP contribution in [-0.2, 0) is 5.54 Å². The molecule has 1 N–H and O–H groups in total. The Morgan fingerprint density at radius 2 is 1.71 bits per heavy atom. The van der Waals surface area contributed by atoms with E-state index in [0.29, 0.717) is 6.04 Å². The number of rotatable bonds is 3. The first-order chi connectivity index (χ1) is 6.43. The molecule has 1 heteroatoms. The molecule has 0 fully saturated rings. The van der Waals surface area contributed by atoms with Gasteiger partial charge in [-0.2, -0.15) is 0 Å². The third-order valence-corrected chi connectivity index (χ3v) is 2.47. The zero-order valence-electron chi connectivity index (χ0n) is 9.89. The van der Waals surface area contributed by atoms with E-state index >= 15 is 0 Å². The molecule has 0 aromatic heterocycles. The summed E-state index contributed by atoms with van der Waals surface area (Å²) in [5.74, 6) is 0. The Morgan fingerprint density at radius 1 is 1.14 bits per heavy atom. The Hall–Kier alpha value is -0.820. The van der Waals surface area contributed by atoms with Crippen molar-refractivity contribution in [2.24, 2.45) is 0 Å². The van der Waals surface area contributed by atoms with E-state index in [4.69, 9.17) is 0 Å². The molecule has 0 bridgehead atoms. The summed E-state index contributed by atoms with van der Waals surface area (Å²) in [5.41, 5.74) is 2.79. The Kier molecular flexibility index (Phi) is 3.33. The largest absolute Gasteiger partial charge is 0.306 e. The van der Waals surface area contributed by atoms with Gasteiger partial charge in [-0.3, -0.25) is 0 Å². The standard InChI is InChI=1S/C13H21N/c1-10(2)14-13(4,5)12-9-7-6-8-11(12)3/h6-10,14H,1-5H3. The van der Waals surface area contributed by atoms with Crippen LogP contribution in [0.25, 0.3) is 0 Å². The fraction of sp³-hybridized carbons (Fsp3) is 0.538. The van der Waals surface area contributed by atoms with Crippen LogP contribution in [0.4, 0.5) is 0 Å². The lowest BCUT2D eigenvalue weighted by molar-refractivity contribution is 0.364. The molecule has 0 aliphatic heterocycles. The third kappa shape index (κ3) is 2.58. The molecule has 1 aromatic rings. The molecule has 0 aliphatic carbocycles. The minimum Gasteiger partial charge on any atom is -0.306 e. The first kappa shape index (κ1) is 11.3. The Balaban J connectivity index is 2.97. The van der Waals surface area contributed by atoms with Crippen molar-refractivity contribution in [3.63, 3.8) is 0 Å². The molecule has 1 rings (SSSR count). The average Bonchev–Trinajstić information content (AvgIpc) is 2.02. The molecule has 0 saturated heterocycles. The van der Waals surface area contributed by atoms with E-state index in [-0.39, 0.29) is 5.54 Å². The monoisotopic (exact) mass is 191 g/mol. The highest BCUT2D eigenvalue weighted by atomic mass is 15.0. The second-order valence-electron chi connectivity index (χ2n) is 4.74. The molecule has 1 nitrogen and oxygen atoms in total. The van der Waals surface area contributed by atoms with Crippen molar-refractivity contribution >= 4 is 0 Å². The van der Waals surface area contributed by atoms with Crippen LogP contribution in [0.5, 0.6) is 0 Å². The van der Waals surface area contributed by atoms with Crippen LogP contribution in [0.1, 0.15) is 38.8 Å². The molecule has 0 heterocycles. The fourth-order valence-electron chi connectivity index (χ4n) is 2.07. The molecule has 0 aliphatic rings. The van der Waals surface area contributed by atoms with Crippen LogP contribution in [0, 0.1) is 6.92 Å². The first-order valence-electron chi connectivity index (χ1n) is 5.27. The van der Waals surface area contributed by atoms with Crippen molar-refractivity contribution < 1.29 is 0 Å². The van der Waals surface area contributed by atoms with Crippen LogP contribution in [0.2, 0.25) is 0 Å². The van der Waals surface area contributed by atoms with Gasteiger partial charge in [-0.15, -0.1) is 0 Å². The van der Waals surface area contributed by atoms with E-state index < -0.39 is 0 Å². The topological polar surface area (TPSA) is 12.0 Å². The van der Waals surface area contributed by atoms with Crippen molar-refractivity contribution in [2.45, 2.75) is 46.2 Å². The molecule has 14 heavy (non-hydrogen) atoms. The minimum absolute atomic E-state index is 0.0551. The molecule has 0 saturated carbocycles. The Labute approximate surface area is 87.5 Å². The molecule has 78 valence electrons. The fourth-order valence-corrected chi connectivity index (χ4v) is 2.07. The lowest BCUT2D eigenvalue weighted by atomic mass is 9.90. The van der Waals surface area contributed by atoms with E-state index in [1.54, 1.807) is 0 Å². The van der Waals surface area contributed by atoms with Crippen LogP contribution in [0.15, 0.2) is 24.3 Å². The number of aryl methyl sites for hydroxylation is 1. The number of benzene rings is 1. The maximum Gasteiger partial charge on any atom is 0.0382 e. The molecular formula is C13H21N. The van der Waals surface area contributed by atoms with E-state index in [0.717, 1.165) is 0 Å². The predicted molar refractivity (Wildman–Crippen MR) is 62.5 cm³/mol. The van der Waals surface area contributed by atoms with Crippen molar-refractivity contribution in [1.29, 1.82) is 0 Å². The molecular weight excluding hydrogens is 170 g/mol. The van der Waals surface area contributed by atoms with Crippen LogP contribution in [0.3, 0.4) is 0 Å². The summed E-state index contributed by atoms with van der Waals surface area (Å²) in [6.07, 6.45) is 0. The quantitative estimate of drug-likeness (QED) is 0.773. The van der Waals surface area contributed by atoms with Gasteiger partial charge >= 0.3 is 0 Å². The van der Waals surface area contributed by atoms with E-state index in [1.165, 1.54) is 11.1 Å². The van der Waals surface area contributed by atoms with Gasteiger partial charge in [0, 0.05) is 11.6 Å². The maximum absolute atomic E-state index is 3.58. The van der Waals surface area contributed by atoms with Crippen molar-refractivity contribution in [3.05, 3.63) is 35.4 Å². The minimum atomic E-state index is 0.0551. The van der Waals surface area contributed by atoms with Gasteiger partial charge in [-0.25, -0.2) is 0 Å². The van der Waals surface area contributed by atoms with Gasteiger partial charge < -0.3 is 5.32 Å². The molecule has 0 spiro atoms. The van der Waals surface area contributed by atoms with Crippen molar-refractivity contribution in [3.8, 4) is 0 Å². The SMILES string of the molecule is Cc1ccccc1C(C)(C)NC(C)C. The normalized spacial score (nSPS) is 12.1. The smallest absolute Gasteiger partial charge is 0.0382 e. The van der Waals surface area contributed by atoms with Crippen molar-refractivity contribution in [1.82, 2.24) is 5.32 Å². The van der Waals surface area contributed by atoms with Gasteiger partial charge in [-0.05, 0) is 31.9 Å². The summed E-state index contributed by atoms with van der Waals surface area (Å²) in [6.45, 7) is 11.0. The van der Waals surface area contributed by atoms with Gasteiger partial charge in [0.1, 0.15) is 0 Å². The second-order valence-corrected chi connectivity index (χ2v) is 4.74. The zero-order valence-corrected chi connectivity index (χ0v) is 9.89. The van der Waals surface area contributed by atoms with Gasteiger partial charge in [0.2, 0.25) is 0 Å². The second kappa shape index (κ2) is 4.14. The van der Waals surface area contributed by atoms with E-state index in [9.17, 15) is 0 Å². The van der Waals surface area contributed by atoms with Crippen molar-refractivity contribution in [2.75, 3.05) is 0 Å². The zero-order chi connectivity index (χ0) is 10.8. The number of hydrogen-bond donors (Lipinski definition) is 1. The lowest BCUT2D eigenvalue weighted by Crippen LogP contribution is -2.41. The summed E-state index contributed by atoms with van der Waals surface area (Å²) in [7, 11) is 0. The Bertz CT molecular complexity index is 300. The summed E-state index contributed by atoms with van der Waals surface area (Å²) >= 11 is 0. The van der Waals surface area contributed by atoms with Gasteiger partial charge in [0.25, 0.3) is 0 Å². The van der Waals surface area contributed by atoms with Crippen LogP contribution >= 0.6 is 0 Å². The summed E-state index contributed by atoms with van der Waals surface area (Å²) in [6, 6.07) is 9.06. The predicted octanol–water partition coefficient (Wildman–Crippen LogP) is 3.23. The number of nitrogens with one attached hydrogen (secondary N) is 1. The highest BCUT2D eigenvalue weighted by Gasteiger charge is 2.21. The highest BCUT2D eigenvalue weighted by molar-refractivity contribution is 5.31. The van der Waals surface area contributed by atoms with Crippen LogP contribution in [-0.4, -0.2) is 6.04 Å². The van der Waals surface area contributed by atoms with Gasteiger partial charge in [-0.1, -0.05) is 38.1 Å². The third-order valence-electron chi connectivity index (χ3n) is 2.47. The van der Waals surface area contributed by atoms with Gasteiger partial charge in [0.15, 0.2) is 0 Å².